The van der Waals surface area contributed by atoms with Crippen LogP contribution in [0.2, 0.25) is 0 Å². The Kier molecular flexibility index (Phi) is 12.5. The van der Waals surface area contributed by atoms with Gasteiger partial charge in [0.1, 0.15) is 24.6 Å². The van der Waals surface area contributed by atoms with Gasteiger partial charge in [0.2, 0.25) is 0 Å². The van der Waals surface area contributed by atoms with Crippen molar-refractivity contribution in [1.82, 2.24) is 24.8 Å². The van der Waals surface area contributed by atoms with E-state index in [1.54, 1.807) is 4.57 Å². The molecule has 42 heavy (non-hydrogen) atoms. The SMILES string of the molecule is OC[C@H]1O[C@@H](n2cnc3c(NCCCCCCCCCCNC(=S)Nc4ccc(N=C=S)cc4)ncnc32)[C@H](O)[C@@H]1O. The molecule has 0 saturated carbocycles. The standard InChI is InChI=1S/C28H38N8O4S2/c37-15-21-23(38)24(39)27(40-21)36-17-33-22-25(31-16-32-26(22)36)29-13-7-5-3-1-2-4-6-8-14-30-28(42)35-20-11-9-19(10-12-20)34-18-41/h9-12,16-17,21,23-24,27,37-39H,1-8,13-15H2,(H,29,31,32)(H2,30,35,42)/t21-,23-,24-,27-/m1/s1. The second kappa shape index (κ2) is 16.5. The predicted octanol–water partition coefficient (Wildman–Crippen LogP) is 3.69. The first-order valence-electron chi connectivity index (χ1n) is 14.3. The zero-order valence-corrected chi connectivity index (χ0v) is 25.0. The third-order valence-corrected chi connectivity index (χ3v) is 7.47. The first-order valence-corrected chi connectivity index (χ1v) is 15.1. The molecule has 226 valence electrons. The van der Waals surface area contributed by atoms with Crippen LogP contribution >= 0.6 is 24.4 Å². The van der Waals surface area contributed by atoms with E-state index in [-0.39, 0.29) is 0 Å². The minimum Gasteiger partial charge on any atom is -0.394 e. The van der Waals surface area contributed by atoms with Gasteiger partial charge in [-0.3, -0.25) is 4.57 Å². The summed E-state index contributed by atoms with van der Waals surface area (Å²) in [4.78, 5) is 16.9. The van der Waals surface area contributed by atoms with Gasteiger partial charge in [-0.05, 0) is 61.5 Å². The Bertz CT molecular complexity index is 1340. The van der Waals surface area contributed by atoms with Gasteiger partial charge in [0.25, 0.3) is 0 Å². The number of unbranched alkanes of at least 4 members (excludes halogenated alkanes) is 7. The average molecular weight is 615 g/mol. The molecule has 0 spiro atoms. The maximum absolute atomic E-state index is 10.4. The van der Waals surface area contributed by atoms with Gasteiger partial charge in [0.05, 0.1) is 23.8 Å². The van der Waals surface area contributed by atoms with Crippen LogP contribution in [0.4, 0.5) is 17.2 Å². The van der Waals surface area contributed by atoms with Crippen LogP contribution in [0.3, 0.4) is 0 Å². The molecule has 0 unspecified atom stereocenters. The lowest BCUT2D eigenvalue weighted by atomic mass is 10.1. The predicted molar refractivity (Wildman–Crippen MR) is 169 cm³/mol. The Morgan fingerprint density at radius 2 is 1.64 bits per heavy atom. The molecule has 3 aromatic rings. The van der Waals surface area contributed by atoms with Crippen LogP contribution in [0, 0.1) is 0 Å². The molecule has 4 rings (SSSR count). The van der Waals surface area contributed by atoms with Crippen molar-refractivity contribution in [3.05, 3.63) is 36.9 Å². The average Bonchev–Trinajstić information content (AvgIpc) is 3.55. The number of nitrogens with one attached hydrogen (secondary N) is 3. The van der Waals surface area contributed by atoms with Crippen molar-refractivity contribution in [3.8, 4) is 0 Å². The maximum atomic E-state index is 10.4. The fourth-order valence-corrected chi connectivity index (χ4v) is 5.17. The largest absolute Gasteiger partial charge is 0.394 e. The molecule has 12 nitrogen and oxygen atoms in total. The Morgan fingerprint density at radius 1 is 0.952 bits per heavy atom. The number of hydrogen-bond donors (Lipinski definition) is 6. The zero-order valence-electron chi connectivity index (χ0n) is 23.4. The number of aliphatic imine (C=N–C) groups is 1. The molecule has 0 aliphatic carbocycles. The molecule has 6 N–H and O–H groups in total. The summed E-state index contributed by atoms with van der Waals surface area (Å²) < 4.78 is 7.18. The fourth-order valence-electron chi connectivity index (χ4n) is 4.84. The van der Waals surface area contributed by atoms with Crippen LogP contribution in [0.1, 0.15) is 57.6 Å². The first kappa shape index (κ1) is 31.8. The Hall–Kier alpha value is -3.10. The van der Waals surface area contributed by atoms with E-state index >= 15 is 0 Å². The minimum atomic E-state index is -1.20. The van der Waals surface area contributed by atoms with Gasteiger partial charge in [-0.1, -0.05) is 38.5 Å². The Balaban J connectivity index is 1.04. The molecule has 3 heterocycles. The quantitative estimate of drug-likeness (QED) is 0.0790. The summed E-state index contributed by atoms with van der Waals surface area (Å²) in [5.41, 5.74) is 2.72. The number of rotatable bonds is 16. The van der Waals surface area contributed by atoms with E-state index in [9.17, 15) is 15.3 Å². The van der Waals surface area contributed by atoms with E-state index in [1.165, 1.54) is 44.8 Å². The van der Waals surface area contributed by atoms with Gasteiger partial charge in [0, 0.05) is 18.8 Å². The number of benzene rings is 1. The highest BCUT2D eigenvalue weighted by Crippen LogP contribution is 2.32. The number of anilines is 2. The molecule has 1 aromatic carbocycles. The van der Waals surface area contributed by atoms with Gasteiger partial charge in [0.15, 0.2) is 28.3 Å². The summed E-state index contributed by atoms with van der Waals surface area (Å²) in [5, 5.41) is 42.5. The van der Waals surface area contributed by atoms with E-state index < -0.39 is 31.1 Å². The third kappa shape index (κ3) is 8.71. The second-order valence-corrected chi connectivity index (χ2v) is 10.8. The number of fused-ring (bicyclic) bond motifs is 1. The number of aromatic nitrogens is 4. The highest BCUT2D eigenvalue weighted by molar-refractivity contribution is 7.80. The number of ether oxygens (including phenoxy) is 1. The van der Waals surface area contributed by atoms with E-state index in [1.807, 2.05) is 24.3 Å². The van der Waals surface area contributed by atoms with E-state index in [0.29, 0.717) is 22.1 Å². The number of aliphatic hydroxyl groups is 3. The first-order chi connectivity index (χ1) is 20.5. The van der Waals surface area contributed by atoms with Crippen molar-refractivity contribution in [3.63, 3.8) is 0 Å². The number of thiocarbonyl (C=S) groups is 2. The smallest absolute Gasteiger partial charge is 0.170 e. The van der Waals surface area contributed by atoms with Crippen molar-refractivity contribution in [1.29, 1.82) is 0 Å². The summed E-state index contributed by atoms with van der Waals surface area (Å²) in [6.07, 6.45) is 8.00. The molecule has 1 fully saturated rings. The normalized spacial score (nSPS) is 19.9. The van der Waals surface area contributed by atoms with Crippen LogP contribution in [0.5, 0.6) is 0 Å². The molecule has 1 aliphatic rings. The topological polar surface area (TPSA) is 162 Å². The number of aliphatic hydroxyl groups excluding tert-OH is 3. The highest BCUT2D eigenvalue weighted by Gasteiger charge is 2.44. The summed E-state index contributed by atoms with van der Waals surface area (Å²) in [6, 6.07) is 7.52. The van der Waals surface area contributed by atoms with Crippen molar-refractivity contribution in [2.75, 3.05) is 30.3 Å². The zero-order chi connectivity index (χ0) is 29.7. The van der Waals surface area contributed by atoms with Crippen LogP contribution in [-0.2, 0) is 4.74 Å². The number of imidazole rings is 1. The molecule has 1 aliphatic heterocycles. The van der Waals surface area contributed by atoms with Crippen molar-refractivity contribution < 1.29 is 20.1 Å². The third-order valence-electron chi connectivity index (χ3n) is 7.13. The molecule has 2 aromatic heterocycles. The van der Waals surface area contributed by atoms with Gasteiger partial charge < -0.3 is 36.0 Å². The lowest BCUT2D eigenvalue weighted by Crippen LogP contribution is -2.33. The lowest BCUT2D eigenvalue weighted by molar-refractivity contribution is -0.0511. The molecule has 0 amide bonds. The van der Waals surface area contributed by atoms with Crippen LogP contribution in [-0.4, -0.2) is 83.1 Å². The molecular formula is C28H38N8O4S2. The lowest BCUT2D eigenvalue weighted by Gasteiger charge is -2.16. The highest BCUT2D eigenvalue weighted by atomic mass is 32.1. The van der Waals surface area contributed by atoms with Gasteiger partial charge >= 0.3 is 0 Å². The molecule has 14 heteroatoms. The molecule has 0 radical (unpaired) electrons. The number of hydrogen-bond acceptors (Lipinski definition) is 11. The minimum absolute atomic E-state index is 0.391. The monoisotopic (exact) mass is 614 g/mol. The van der Waals surface area contributed by atoms with Gasteiger partial charge in [-0.25, -0.2) is 15.0 Å². The van der Waals surface area contributed by atoms with Gasteiger partial charge in [-0.2, -0.15) is 4.99 Å². The van der Waals surface area contributed by atoms with Gasteiger partial charge in [-0.15, -0.1) is 0 Å². The molecular weight excluding hydrogens is 576 g/mol. The van der Waals surface area contributed by atoms with E-state index in [0.717, 1.165) is 43.7 Å². The van der Waals surface area contributed by atoms with Crippen LogP contribution in [0.25, 0.3) is 11.2 Å². The van der Waals surface area contributed by atoms with Crippen molar-refractivity contribution in [2.45, 2.75) is 75.9 Å². The number of isothiocyanates is 1. The van der Waals surface area contributed by atoms with Crippen LogP contribution < -0.4 is 16.0 Å². The fraction of sp³-hybridized carbons (Fsp3) is 0.536. The van der Waals surface area contributed by atoms with E-state index in [2.05, 4.69) is 53.3 Å². The van der Waals surface area contributed by atoms with E-state index in [4.69, 9.17) is 17.0 Å². The Morgan fingerprint density at radius 3 is 2.31 bits per heavy atom. The van der Waals surface area contributed by atoms with Crippen molar-refractivity contribution >= 4 is 63.1 Å². The summed E-state index contributed by atoms with van der Waals surface area (Å²) in [5.74, 6) is 0.614. The Labute approximate surface area is 255 Å². The summed E-state index contributed by atoms with van der Waals surface area (Å²) in [7, 11) is 0. The summed E-state index contributed by atoms with van der Waals surface area (Å²) in [6.45, 7) is 1.22. The van der Waals surface area contributed by atoms with Crippen LogP contribution in [0.15, 0.2) is 41.9 Å². The number of nitrogens with zero attached hydrogens (tertiary/aromatic N) is 5. The molecule has 1 saturated heterocycles. The van der Waals surface area contributed by atoms with Crippen molar-refractivity contribution in [2.24, 2.45) is 4.99 Å². The molecule has 0 bridgehead atoms. The molecule has 4 atom stereocenters. The maximum Gasteiger partial charge on any atom is 0.170 e. The summed E-state index contributed by atoms with van der Waals surface area (Å²) >= 11 is 9.97. The second-order valence-electron chi connectivity index (χ2n) is 10.2.